The minimum atomic E-state index is -0.396. The van der Waals surface area contributed by atoms with Crippen LogP contribution in [0.15, 0.2) is 16.5 Å². The van der Waals surface area contributed by atoms with Crippen LogP contribution in [0.4, 0.5) is 0 Å². The highest BCUT2D eigenvalue weighted by molar-refractivity contribution is 7.80. The van der Waals surface area contributed by atoms with Crippen molar-refractivity contribution in [1.29, 1.82) is 0 Å². The van der Waals surface area contributed by atoms with Gasteiger partial charge in [0, 0.05) is 12.0 Å². The number of thiocarbonyl (C=S) groups is 1. The third-order valence-corrected chi connectivity index (χ3v) is 2.87. The first-order chi connectivity index (χ1) is 7.33. The van der Waals surface area contributed by atoms with Crippen LogP contribution in [0.1, 0.15) is 30.2 Å². The van der Waals surface area contributed by atoms with Crippen molar-refractivity contribution in [2.24, 2.45) is 11.1 Å². The van der Waals surface area contributed by atoms with Crippen LogP contribution in [0.25, 0.3) is 0 Å². The zero-order chi connectivity index (χ0) is 12.3. The molecular weight excluding hydrogens is 224 g/mol. The van der Waals surface area contributed by atoms with E-state index >= 15 is 0 Å². The molecule has 16 heavy (non-hydrogen) atoms. The fraction of sp³-hybridized carbons (Fsp3) is 0.455. The van der Waals surface area contributed by atoms with E-state index in [-0.39, 0.29) is 5.91 Å². The van der Waals surface area contributed by atoms with Gasteiger partial charge < -0.3 is 15.5 Å². The van der Waals surface area contributed by atoms with Crippen LogP contribution in [-0.4, -0.2) is 17.4 Å². The van der Waals surface area contributed by atoms with Crippen LogP contribution in [0.3, 0.4) is 0 Å². The Labute approximate surface area is 100 Å². The maximum absolute atomic E-state index is 11.6. The zero-order valence-electron chi connectivity index (χ0n) is 9.66. The summed E-state index contributed by atoms with van der Waals surface area (Å²) in [6, 6.07) is 3.38. The number of carbonyl (C=O) groups is 1. The van der Waals surface area contributed by atoms with Crippen molar-refractivity contribution in [2.45, 2.75) is 20.8 Å². The van der Waals surface area contributed by atoms with Gasteiger partial charge in [-0.25, -0.2) is 0 Å². The van der Waals surface area contributed by atoms with Gasteiger partial charge in [0.1, 0.15) is 5.76 Å². The lowest BCUT2D eigenvalue weighted by Crippen LogP contribution is -2.41. The van der Waals surface area contributed by atoms with Gasteiger partial charge in [0.15, 0.2) is 5.76 Å². The van der Waals surface area contributed by atoms with Crippen molar-refractivity contribution >= 4 is 23.1 Å². The summed E-state index contributed by atoms with van der Waals surface area (Å²) in [5.74, 6) is 0.757. The fourth-order valence-corrected chi connectivity index (χ4v) is 1.10. The third-order valence-electron chi connectivity index (χ3n) is 2.32. The number of hydrogen-bond donors (Lipinski definition) is 2. The van der Waals surface area contributed by atoms with Crippen molar-refractivity contribution in [3.8, 4) is 0 Å². The monoisotopic (exact) mass is 240 g/mol. The first-order valence-corrected chi connectivity index (χ1v) is 5.38. The Morgan fingerprint density at radius 3 is 2.62 bits per heavy atom. The fourth-order valence-electron chi connectivity index (χ4n) is 1.03. The molecule has 0 fully saturated rings. The summed E-state index contributed by atoms with van der Waals surface area (Å²) < 4.78 is 5.19. The molecule has 1 amide bonds. The van der Waals surface area contributed by atoms with Crippen molar-refractivity contribution in [3.63, 3.8) is 0 Å². The highest BCUT2D eigenvalue weighted by atomic mass is 32.1. The molecule has 0 aliphatic heterocycles. The molecule has 5 heteroatoms. The Morgan fingerprint density at radius 1 is 1.56 bits per heavy atom. The number of nitrogens with one attached hydrogen (secondary N) is 1. The first kappa shape index (κ1) is 12.7. The molecule has 0 saturated carbocycles. The topological polar surface area (TPSA) is 68.3 Å². The number of carbonyl (C=O) groups excluding carboxylic acids is 1. The van der Waals surface area contributed by atoms with Gasteiger partial charge in [-0.05, 0) is 19.1 Å². The maximum atomic E-state index is 11.6. The van der Waals surface area contributed by atoms with E-state index in [0.29, 0.717) is 23.1 Å². The van der Waals surface area contributed by atoms with E-state index in [2.05, 4.69) is 5.32 Å². The van der Waals surface area contributed by atoms with E-state index in [9.17, 15) is 4.79 Å². The molecule has 0 aliphatic carbocycles. The van der Waals surface area contributed by atoms with E-state index < -0.39 is 5.41 Å². The molecule has 0 spiro atoms. The molecule has 0 bridgehead atoms. The normalized spacial score (nSPS) is 11.2. The molecule has 88 valence electrons. The molecule has 0 aliphatic rings. The van der Waals surface area contributed by atoms with Crippen LogP contribution in [0.5, 0.6) is 0 Å². The molecule has 1 heterocycles. The van der Waals surface area contributed by atoms with Gasteiger partial charge in [-0.3, -0.25) is 4.79 Å². The molecular formula is C11H16N2O2S. The number of hydrogen-bond acceptors (Lipinski definition) is 3. The SMILES string of the molecule is Cc1ccc(C(=O)NCC(C)(C)C(N)=S)o1. The Kier molecular flexibility index (Phi) is 3.70. The van der Waals surface area contributed by atoms with Crippen LogP contribution in [0, 0.1) is 12.3 Å². The largest absolute Gasteiger partial charge is 0.456 e. The average Bonchev–Trinajstić information content (AvgIpc) is 2.61. The zero-order valence-corrected chi connectivity index (χ0v) is 10.5. The van der Waals surface area contributed by atoms with Crippen molar-refractivity contribution in [3.05, 3.63) is 23.7 Å². The molecule has 1 aromatic rings. The number of aryl methyl sites for hydroxylation is 1. The summed E-state index contributed by atoms with van der Waals surface area (Å²) in [5, 5.41) is 2.73. The van der Waals surface area contributed by atoms with E-state index in [1.165, 1.54) is 0 Å². The maximum Gasteiger partial charge on any atom is 0.287 e. The summed E-state index contributed by atoms with van der Waals surface area (Å²) in [4.78, 5) is 12.0. The second-order valence-corrected chi connectivity index (χ2v) is 4.78. The van der Waals surface area contributed by atoms with E-state index in [0.717, 1.165) is 0 Å². The van der Waals surface area contributed by atoms with Crippen molar-refractivity contribution in [1.82, 2.24) is 5.32 Å². The molecule has 0 atom stereocenters. The van der Waals surface area contributed by atoms with Crippen LogP contribution in [-0.2, 0) is 0 Å². The van der Waals surface area contributed by atoms with Crippen molar-refractivity contribution in [2.75, 3.05) is 6.54 Å². The number of nitrogens with two attached hydrogens (primary N) is 1. The lowest BCUT2D eigenvalue weighted by molar-refractivity contribution is 0.0916. The molecule has 4 nitrogen and oxygen atoms in total. The van der Waals surface area contributed by atoms with Gasteiger partial charge in [0.2, 0.25) is 0 Å². The molecule has 0 radical (unpaired) electrons. The summed E-state index contributed by atoms with van der Waals surface area (Å²) in [6.07, 6.45) is 0. The minimum Gasteiger partial charge on any atom is -0.456 e. The van der Waals surface area contributed by atoms with Gasteiger partial charge in [0.25, 0.3) is 5.91 Å². The van der Waals surface area contributed by atoms with E-state index in [1.54, 1.807) is 19.1 Å². The summed E-state index contributed by atoms with van der Waals surface area (Å²) >= 11 is 4.91. The van der Waals surface area contributed by atoms with Gasteiger partial charge in [0.05, 0.1) is 4.99 Å². The molecule has 1 aromatic heterocycles. The van der Waals surface area contributed by atoms with Gasteiger partial charge in [-0.2, -0.15) is 0 Å². The number of rotatable bonds is 4. The Morgan fingerprint density at radius 2 is 2.19 bits per heavy atom. The first-order valence-electron chi connectivity index (χ1n) is 4.97. The van der Waals surface area contributed by atoms with Crippen molar-refractivity contribution < 1.29 is 9.21 Å². The molecule has 3 N–H and O–H groups in total. The smallest absolute Gasteiger partial charge is 0.287 e. The predicted molar refractivity (Wildman–Crippen MR) is 66.3 cm³/mol. The van der Waals surface area contributed by atoms with Crippen LogP contribution >= 0.6 is 12.2 Å². The summed E-state index contributed by atoms with van der Waals surface area (Å²) in [5.41, 5.74) is 5.16. The minimum absolute atomic E-state index is 0.252. The Hall–Kier alpha value is -1.36. The Balaban J connectivity index is 2.57. The van der Waals surface area contributed by atoms with E-state index in [1.807, 2.05) is 13.8 Å². The summed E-state index contributed by atoms with van der Waals surface area (Å²) in [6.45, 7) is 5.93. The highest BCUT2D eigenvalue weighted by Crippen LogP contribution is 2.14. The predicted octanol–water partition coefficient (Wildman–Crippen LogP) is 1.63. The Bertz CT molecular complexity index is 410. The lowest BCUT2D eigenvalue weighted by atomic mass is 9.93. The number of amides is 1. The standard InChI is InChI=1S/C11H16N2O2S/c1-7-4-5-8(15-7)9(14)13-6-11(2,3)10(12)16/h4-5H,6H2,1-3H3,(H2,12,16)(H,13,14). The third kappa shape index (κ3) is 3.06. The molecule has 0 unspecified atom stereocenters. The molecule has 0 aromatic carbocycles. The van der Waals surface area contributed by atoms with Gasteiger partial charge in [-0.1, -0.05) is 26.1 Å². The summed E-state index contributed by atoms with van der Waals surface area (Å²) in [7, 11) is 0. The van der Waals surface area contributed by atoms with Gasteiger partial charge in [-0.15, -0.1) is 0 Å². The highest BCUT2D eigenvalue weighted by Gasteiger charge is 2.22. The molecule has 1 rings (SSSR count). The van der Waals surface area contributed by atoms with E-state index in [4.69, 9.17) is 22.4 Å². The van der Waals surface area contributed by atoms with Crippen LogP contribution < -0.4 is 11.1 Å². The van der Waals surface area contributed by atoms with Crippen LogP contribution in [0.2, 0.25) is 0 Å². The second kappa shape index (κ2) is 4.65. The quantitative estimate of drug-likeness (QED) is 0.785. The second-order valence-electron chi connectivity index (χ2n) is 4.34. The van der Waals surface area contributed by atoms with Gasteiger partial charge >= 0.3 is 0 Å². The average molecular weight is 240 g/mol. The number of furan rings is 1. The molecule has 0 saturated heterocycles. The lowest BCUT2D eigenvalue weighted by Gasteiger charge is -2.22.